The van der Waals surface area contributed by atoms with Crippen LogP contribution in [-0.2, 0) is 6.54 Å². The number of anilines is 1. The maximum absolute atomic E-state index is 11.3. The van der Waals surface area contributed by atoms with E-state index in [1.807, 2.05) is 30.3 Å². The molecule has 0 saturated heterocycles. The van der Waals surface area contributed by atoms with Gasteiger partial charge in [0.05, 0.1) is 5.56 Å². The molecule has 0 unspecified atom stereocenters. The van der Waals surface area contributed by atoms with Crippen LogP contribution in [0.5, 0.6) is 0 Å². The van der Waals surface area contributed by atoms with Gasteiger partial charge in [0.25, 0.3) is 0 Å². The number of aromatic carboxylic acids is 1. The molecule has 0 atom stereocenters. The van der Waals surface area contributed by atoms with Gasteiger partial charge in [0.2, 0.25) is 11.3 Å². The molecule has 0 aliphatic rings. The molecule has 0 bridgehead atoms. The molecular formula is C23H17N7O4. The molecule has 3 heterocycles. The van der Waals surface area contributed by atoms with Gasteiger partial charge in [-0.1, -0.05) is 42.5 Å². The van der Waals surface area contributed by atoms with Crippen molar-refractivity contribution in [2.24, 2.45) is 10.9 Å². The van der Waals surface area contributed by atoms with Crippen molar-refractivity contribution < 1.29 is 18.9 Å². The monoisotopic (exact) mass is 455 g/mol. The van der Waals surface area contributed by atoms with Crippen molar-refractivity contribution in [2.75, 3.05) is 5.32 Å². The van der Waals surface area contributed by atoms with Gasteiger partial charge in [-0.15, -0.1) is 0 Å². The van der Waals surface area contributed by atoms with Crippen molar-refractivity contribution in [1.29, 1.82) is 0 Å². The predicted molar refractivity (Wildman–Crippen MR) is 122 cm³/mol. The Morgan fingerprint density at radius 1 is 1.00 bits per heavy atom. The molecule has 0 aliphatic carbocycles. The lowest BCUT2D eigenvalue weighted by Gasteiger charge is -2.10. The lowest BCUT2D eigenvalue weighted by atomic mass is 10.1. The van der Waals surface area contributed by atoms with Crippen LogP contribution >= 0.6 is 0 Å². The normalized spacial score (nSPS) is 11.6. The average Bonchev–Trinajstić information content (AvgIpc) is 3.53. The fraction of sp³-hybridized carbons (Fsp3) is 0.0435. The van der Waals surface area contributed by atoms with E-state index < -0.39 is 5.97 Å². The largest absolute Gasteiger partial charge is 0.478 e. The molecule has 4 N–H and O–H groups in total. The average molecular weight is 455 g/mol. The molecule has 0 amide bonds. The molecule has 11 nitrogen and oxygen atoms in total. The van der Waals surface area contributed by atoms with E-state index in [1.165, 1.54) is 12.1 Å². The summed E-state index contributed by atoms with van der Waals surface area (Å²) in [5.74, 6) is 5.82. The van der Waals surface area contributed by atoms with Crippen LogP contribution in [-0.4, -0.2) is 37.1 Å². The zero-order chi connectivity index (χ0) is 23.5. The molecule has 34 heavy (non-hydrogen) atoms. The Hall–Kier alpha value is -5.06. The smallest absolute Gasteiger partial charge is 0.335 e. The SMILES string of the molecule is NN=C(c1ccc(-c2cccc(C(=O)O)c2)o1)c1nc2nonc2nc1NCc1ccccc1. The van der Waals surface area contributed by atoms with Gasteiger partial charge in [-0.3, -0.25) is 0 Å². The van der Waals surface area contributed by atoms with Crippen LogP contribution in [0.1, 0.15) is 27.4 Å². The first-order chi connectivity index (χ1) is 16.6. The van der Waals surface area contributed by atoms with E-state index in [4.69, 9.17) is 14.9 Å². The summed E-state index contributed by atoms with van der Waals surface area (Å²) >= 11 is 0. The number of hydrogen-bond acceptors (Lipinski definition) is 10. The molecule has 5 rings (SSSR count). The second kappa shape index (κ2) is 8.82. The van der Waals surface area contributed by atoms with E-state index in [9.17, 15) is 9.90 Å². The summed E-state index contributed by atoms with van der Waals surface area (Å²) in [7, 11) is 0. The van der Waals surface area contributed by atoms with E-state index in [0.717, 1.165) is 5.56 Å². The number of rotatable bonds is 7. The van der Waals surface area contributed by atoms with Crippen molar-refractivity contribution in [2.45, 2.75) is 6.54 Å². The summed E-state index contributed by atoms with van der Waals surface area (Å²) in [6.07, 6.45) is 0. The number of nitrogens with two attached hydrogens (primary N) is 1. The van der Waals surface area contributed by atoms with Crippen LogP contribution in [0.25, 0.3) is 22.6 Å². The molecular weight excluding hydrogens is 438 g/mol. The molecule has 0 fully saturated rings. The highest BCUT2D eigenvalue weighted by molar-refractivity contribution is 6.13. The van der Waals surface area contributed by atoms with Crippen LogP contribution in [0.2, 0.25) is 0 Å². The highest BCUT2D eigenvalue weighted by Gasteiger charge is 2.22. The molecule has 5 aromatic rings. The molecule has 0 spiro atoms. The van der Waals surface area contributed by atoms with Gasteiger partial charge in [0, 0.05) is 12.1 Å². The second-order valence-electron chi connectivity index (χ2n) is 7.20. The first-order valence-electron chi connectivity index (χ1n) is 10.1. The van der Waals surface area contributed by atoms with Crippen LogP contribution in [0, 0.1) is 0 Å². The van der Waals surface area contributed by atoms with Crippen molar-refractivity contribution in [1.82, 2.24) is 20.3 Å². The van der Waals surface area contributed by atoms with Crippen molar-refractivity contribution in [3.8, 4) is 11.3 Å². The molecule has 3 aromatic heterocycles. The minimum absolute atomic E-state index is 0.144. The van der Waals surface area contributed by atoms with Crippen molar-refractivity contribution >= 4 is 28.8 Å². The summed E-state index contributed by atoms with van der Waals surface area (Å²) in [6.45, 7) is 0.461. The lowest BCUT2D eigenvalue weighted by Crippen LogP contribution is -2.14. The quantitative estimate of drug-likeness (QED) is 0.188. The van der Waals surface area contributed by atoms with Crippen LogP contribution in [0.4, 0.5) is 5.82 Å². The van der Waals surface area contributed by atoms with Gasteiger partial charge in [-0.05, 0) is 40.1 Å². The number of nitrogens with zero attached hydrogens (tertiary/aromatic N) is 5. The Bertz CT molecular complexity index is 1510. The number of carboxylic acid groups (broad SMARTS) is 1. The van der Waals surface area contributed by atoms with E-state index >= 15 is 0 Å². The van der Waals surface area contributed by atoms with Gasteiger partial charge >= 0.3 is 5.97 Å². The molecule has 11 heteroatoms. The number of fused-ring (bicyclic) bond motifs is 1. The molecule has 0 aliphatic heterocycles. The molecule has 0 saturated carbocycles. The van der Waals surface area contributed by atoms with E-state index in [0.29, 0.717) is 35.1 Å². The number of nitrogens with one attached hydrogen (secondary N) is 1. The highest BCUT2D eigenvalue weighted by atomic mass is 16.6. The minimum Gasteiger partial charge on any atom is -0.478 e. The number of aromatic nitrogens is 4. The highest BCUT2D eigenvalue weighted by Crippen LogP contribution is 2.26. The second-order valence-corrected chi connectivity index (χ2v) is 7.20. The maximum Gasteiger partial charge on any atom is 0.335 e. The third kappa shape index (κ3) is 4.05. The molecule has 2 aromatic carbocycles. The van der Waals surface area contributed by atoms with Gasteiger partial charge < -0.3 is 20.7 Å². The van der Waals surface area contributed by atoms with Crippen molar-refractivity contribution in [3.05, 3.63) is 89.3 Å². The van der Waals surface area contributed by atoms with Gasteiger partial charge in [-0.25, -0.2) is 19.4 Å². The number of hydrogen-bond donors (Lipinski definition) is 3. The Morgan fingerprint density at radius 3 is 2.56 bits per heavy atom. The zero-order valence-corrected chi connectivity index (χ0v) is 17.5. The zero-order valence-electron chi connectivity index (χ0n) is 17.5. The Morgan fingerprint density at radius 2 is 1.79 bits per heavy atom. The third-order valence-corrected chi connectivity index (χ3v) is 5.00. The minimum atomic E-state index is -1.03. The summed E-state index contributed by atoms with van der Waals surface area (Å²) in [6, 6.07) is 19.5. The van der Waals surface area contributed by atoms with Crippen molar-refractivity contribution in [3.63, 3.8) is 0 Å². The summed E-state index contributed by atoms with van der Waals surface area (Å²) in [5, 5.41) is 23.9. The number of furan rings is 1. The summed E-state index contributed by atoms with van der Waals surface area (Å²) < 4.78 is 10.7. The van der Waals surface area contributed by atoms with Gasteiger partial charge in [-0.2, -0.15) is 5.10 Å². The summed E-state index contributed by atoms with van der Waals surface area (Å²) in [5.41, 5.74) is 2.68. The van der Waals surface area contributed by atoms with E-state index in [2.05, 4.69) is 30.7 Å². The Kier molecular flexibility index (Phi) is 5.40. The molecule has 0 radical (unpaired) electrons. The number of hydrazone groups is 1. The lowest BCUT2D eigenvalue weighted by molar-refractivity contribution is 0.0697. The topological polar surface area (TPSA) is 166 Å². The number of benzene rings is 2. The fourth-order valence-electron chi connectivity index (χ4n) is 3.38. The van der Waals surface area contributed by atoms with Gasteiger partial charge in [0.1, 0.15) is 11.5 Å². The Balaban J connectivity index is 1.52. The first kappa shape index (κ1) is 20.8. The van der Waals surface area contributed by atoms with Crippen LogP contribution in [0.15, 0.2) is 80.9 Å². The van der Waals surface area contributed by atoms with Gasteiger partial charge in [0.15, 0.2) is 17.3 Å². The van der Waals surface area contributed by atoms with Crippen LogP contribution in [0.3, 0.4) is 0 Å². The first-order valence-corrected chi connectivity index (χ1v) is 10.1. The summed E-state index contributed by atoms with van der Waals surface area (Å²) in [4.78, 5) is 20.2. The number of carbonyl (C=O) groups is 1. The fourth-order valence-corrected chi connectivity index (χ4v) is 3.38. The molecule has 168 valence electrons. The third-order valence-electron chi connectivity index (χ3n) is 5.00. The number of carboxylic acids is 1. The maximum atomic E-state index is 11.3. The Labute approximate surface area is 191 Å². The van der Waals surface area contributed by atoms with E-state index in [1.54, 1.807) is 24.3 Å². The standard InChI is InChI=1S/C23H17N7O4/c24-28-18(17-10-9-16(33-17)14-7-4-8-15(11-14)23(31)32)19-20(25-12-13-5-2-1-3-6-13)27-22-21(26-19)29-34-30-22/h1-11H,12,24H2,(H,31,32)(H,25,27,30). The van der Waals surface area contributed by atoms with E-state index in [-0.39, 0.29) is 22.6 Å². The predicted octanol–water partition coefficient (Wildman–Crippen LogP) is 3.29. The van der Waals surface area contributed by atoms with Crippen LogP contribution < -0.4 is 11.2 Å².